The van der Waals surface area contributed by atoms with Crippen molar-refractivity contribution in [1.29, 1.82) is 0 Å². The second kappa shape index (κ2) is 9.58. The summed E-state index contributed by atoms with van der Waals surface area (Å²) in [5.41, 5.74) is 1.05. The van der Waals surface area contributed by atoms with Crippen molar-refractivity contribution in [2.24, 2.45) is 12.0 Å². The lowest BCUT2D eigenvalue weighted by Crippen LogP contribution is -2.42. The maximum atomic E-state index is 6.15. The second-order valence-corrected chi connectivity index (χ2v) is 7.80. The number of aliphatic imine (C=N–C) groups is 1. The molecule has 1 atom stereocenters. The molecular weight excluding hydrogens is 399 g/mol. The Morgan fingerprint density at radius 2 is 2.18 bits per heavy atom. The van der Waals surface area contributed by atoms with Crippen molar-refractivity contribution in [2.45, 2.75) is 39.0 Å². The lowest BCUT2D eigenvalue weighted by molar-refractivity contribution is 0.113. The van der Waals surface area contributed by atoms with Gasteiger partial charge in [-0.3, -0.25) is 0 Å². The van der Waals surface area contributed by atoms with Crippen molar-refractivity contribution < 1.29 is 4.74 Å². The van der Waals surface area contributed by atoms with Crippen LogP contribution < -0.4 is 5.32 Å². The van der Waals surface area contributed by atoms with E-state index >= 15 is 0 Å². The van der Waals surface area contributed by atoms with Crippen molar-refractivity contribution >= 4 is 29.2 Å². The van der Waals surface area contributed by atoms with E-state index in [0.29, 0.717) is 23.1 Å². The third kappa shape index (κ3) is 5.37. The van der Waals surface area contributed by atoms with Crippen LogP contribution in [0.25, 0.3) is 0 Å². The van der Waals surface area contributed by atoms with E-state index in [4.69, 9.17) is 32.9 Å². The Balaban J connectivity index is 1.72. The monoisotopic (exact) mass is 424 g/mol. The molecule has 0 spiro atoms. The summed E-state index contributed by atoms with van der Waals surface area (Å²) in [5.74, 6) is 2.46. The largest absolute Gasteiger partial charge is 0.376 e. The normalized spacial score (nSPS) is 17.2. The molecule has 1 aliphatic heterocycles. The van der Waals surface area contributed by atoms with Crippen LogP contribution >= 0.6 is 23.2 Å². The van der Waals surface area contributed by atoms with Crippen molar-refractivity contribution in [1.82, 2.24) is 25.0 Å². The molecule has 1 aromatic carbocycles. The molecule has 1 aromatic heterocycles. The number of aryl methyl sites for hydroxylation is 1. The predicted octanol–water partition coefficient (Wildman–Crippen LogP) is 3.19. The molecule has 1 unspecified atom stereocenters. The van der Waals surface area contributed by atoms with Gasteiger partial charge in [0, 0.05) is 33.8 Å². The molecule has 3 rings (SSSR count). The quantitative estimate of drug-likeness (QED) is 0.569. The summed E-state index contributed by atoms with van der Waals surface area (Å²) in [5, 5.41) is 12.8. The first kappa shape index (κ1) is 20.9. The van der Waals surface area contributed by atoms with Crippen LogP contribution in [0.4, 0.5) is 0 Å². The van der Waals surface area contributed by atoms with Gasteiger partial charge >= 0.3 is 0 Å². The zero-order valence-corrected chi connectivity index (χ0v) is 18.0. The molecule has 0 aliphatic carbocycles. The van der Waals surface area contributed by atoms with Crippen LogP contribution in [0.1, 0.15) is 30.1 Å². The van der Waals surface area contributed by atoms with Gasteiger partial charge in [0.25, 0.3) is 0 Å². The summed E-state index contributed by atoms with van der Waals surface area (Å²) < 4.78 is 7.67. The van der Waals surface area contributed by atoms with Crippen molar-refractivity contribution in [3.63, 3.8) is 0 Å². The third-order valence-electron chi connectivity index (χ3n) is 4.83. The smallest absolute Gasteiger partial charge is 0.194 e. The lowest BCUT2D eigenvalue weighted by Gasteiger charge is -2.24. The minimum Gasteiger partial charge on any atom is -0.376 e. The van der Waals surface area contributed by atoms with Crippen molar-refractivity contribution in [3.8, 4) is 0 Å². The first-order valence-corrected chi connectivity index (χ1v) is 10.1. The highest BCUT2D eigenvalue weighted by molar-refractivity contribution is 6.42. The number of guanidine groups is 1. The number of aromatic nitrogens is 3. The van der Waals surface area contributed by atoms with Crippen LogP contribution in [-0.2, 0) is 24.9 Å². The predicted molar refractivity (Wildman–Crippen MR) is 112 cm³/mol. The molecule has 152 valence electrons. The first-order chi connectivity index (χ1) is 13.4. The van der Waals surface area contributed by atoms with Gasteiger partial charge in [-0.05, 0) is 37.5 Å². The van der Waals surface area contributed by atoms with E-state index in [0.717, 1.165) is 49.2 Å². The van der Waals surface area contributed by atoms with Gasteiger partial charge < -0.3 is 19.5 Å². The average molecular weight is 425 g/mol. The Hall–Kier alpha value is -1.83. The number of nitrogens with zero attached hydrogens (tertiary/aromatic N) is 5. The van der Waals surface area contributed by atoms with Gasteiger partial charge in [-0.15, -0.1) is 10.2 Å². The number of halogens is 2. The van der Waals surface area contributed by atoms with Crippen LogP contribution in [0.5, 0.6) is 0 Å². The molecule has 28 heavy (non-hydrogen) atoms. The molecule has 2 heterocycles. The number of ether oxygens (including phenoxy) is 1. The summed E-state index contributed by atoms with van der Waals surface area (Å²) in [6.07, 6.45) is 2.40. The van der Waals surface area contributed by atoms with Crippen molar-refractivity contribution in [3.05, 3.63) is 45.5 Å². The molecule has 1 aliphatic rings. The molecule has 7 nitrogen and oxygen atoms in total. The highest BCUT2D eigenvalue weighted by atomic mass is 35.5. The number of benzene rings is 1. The van der Waals surface area contributed by atoms with Gasteiger partial charge in [-0.2, -0.15) is 0 Å². The van der Waals surface area contributed by atoms with Crippen LogP contribution in [-0.4, -0.2) is 51.9 Å². The molecule has 0 radical (unpaired) electrons. The Bertz CT molecular complexity index is 832. The van der Waals surface area contributed by atoms with E-state index in [-0.39, 0.29) is 6.10 Å². The topological polar surface area (TPSA) is 67.6 Å². The highest BCUT2D eigenvalue weighted by Crippen LogP contribution is 2.23. The number of rotatable bonds is 6. The molecule has 0 amide bonds. The first-order valence-electron chi connectivity index (χ1n) is 9.34. The van der Waals surface area contributed by atoms with Crippen molar-refractivity contribution in [2.75, 3.05) is 20.2 Å². The van der Waals surface area contributed by atoms with E-state index < -0.39 is 0 Å². The Kier molecular flexibility index (Phi) is 7.15. The Labute approximate surface area is 175 Å². The number of hydrogen-bond donors (Lipinski definition) is 1. The van der Waals surface area contributed by atoms with Gasteiger partial charge in [0.1, 0.15) is 12.4 Å². The second-order valence-electron chi connectivity index (χ2n) is 6.98. The van der Waals surface area contributed by atoms with E-state index in [1.807, 2.05) is 43.8 Å². The summed E-state index contributed by atoms with van der Waals surface area (Å²) >= 11 is 12.2. The van der Waals surface area contributed by atoms with Crippen LogP contribution in [0, 0.1) is 6.92 Å². The Morgan fingerprint density at radius 1 is 1.36 bits per heavy atom. The van der Waals surface area contributed by atoms with Gasteiger partial charge in [-0.1, -0.05) is 29.3 Å². The van der Waals surface area contributed by atoms with E-state index in [1.54, 1.807) is 0 Å². The third-order valence-corrected chi connectivity index (χ3v) is 5.57. The summed E-state index contributed by atoms with van der Waals surface area (Å²) in [6.45, 7) is 4.56. The fourth-order valence-corrected chi connectivity index (χ4v) is 3.36. The molecule has 1 saturated heterocycles. The molecule has 1 fully saturated rings. The van der Waals surface area contributed by atoms with E-state index in [9.17, 15) is 0 Å². The zero-order chi connectivity index (χ0) is 20.1. The van der Waals surface area contributed by atoms with E-state index in [1.165, 1.54) is 0 Å². The fourth-order valence-electron chi connectivity index (χ4n) is 3.04. The minimum absolute atomic E-state index is 0.223. The number of nitrogens with one attached hydrogen (secondary N) is 1. The molecule has 0 saturated carbocycles. The zero-order valence-electron chi connectivity index (χ0n) is 16.5. The fraction of sp³-hybridized carbons (Fsp3) is 0.526. The summed E-state index contributed by atoms with van der Waals surface area (Å²) in [4.78, 5) is 6.81. The summed E-state index contributed by atoms with van der Waals surface area (Å²) in [6, 6.07) is 5.66. The maximum absolute atomic E-state index is 6.15. The van der Waals surface area contributed by atoms with Gasteiger partial charge in [0.05, 0.1) is 16.1 Å². The van der Waals surface area contributed by atoms with Gasteiger partial charge in [-0.25, -0.2) is 4.99 Å². The Morgan fingerprint density at radius 3 is 2.82 bits per heavy atom. The van der Waals surface area contributed by atoms with Gasteiger partial charge in [0.15, 0.2) is 11.8 Å². The molecule has 2 aromatic rings. The maximum Gasteiger partial charge on any atom is 0.194 e. The molecule has 0 bridgehead atoms. The highest BCUT2D eigenvalue weighted by Gasteiger charge is 2.17. The lowest BCUT2D eigenvalue weighted by atomic mass is 10.2. The van der Waals surface area contributed by atoms with E-state index in [2.05, 4.69) is 20.4 Å². The minimum atomic E-state index is 0.223. The van der Waals surface area contributed by atoms with Gasteiger partial charge in [0.2, 0.25) is 0 Å². The standard InChI is InChI=1S/C19H26Cl2N6O/c1-13-24-25-18(27(13)3)11-23-19(22-10-15-5-4-8-28-15)26(2)12-14-6-7-16(20)17(21)9-14/h6-7,9,15H,4-5,8,10-12H2,1-3H3,(H,22,23). The van der Waals surface area contributed by atoms with Crippen LogP contribution in [0.15, 0.2) is 23.2 Å². The number of hydrogen-bond acceptors (Lipinski definition) is 4. The molecule has 9 heteroatoms. The average Bonchev–Trinajstić information content (AvgIpc) is 3.29. The SMILES string of the molecule is Cc1nnc(CN=C(NCC2CCCO2)N(C)Cc2ccc(Cl)c(Cl)c2)n1C. The summed E-state index contributed by atoms with van der Waals surface area (Å²) in [7, 11) is 3.94. The van der Waals surface area contributed by atoms with Crippen LogP contribution in [0.2, 0.25) is 10.0 Å². The molecule has 1 N–H and O–H groups in total. The van der Waals surface area contributed by atoms with Crippen LogP contribution in [0.3, 0.4) is 0 Å². The molecular formula is C19H26Cl2N6O.